The first kappa shape index (κ1) is 23.7. The van der Waals surface area contributed by atoms with E-state index in [1.807, 2.05) is 42.5 Å². The summed E-state index contributed by atoms with van der Waals surface area (Å²) in [6.07, 6.45) is 5.88. The molecule has 0 unspecified atom stereocenters. The number of Topliss-reactive ketones (excluding diaryl/α,β-unsaturated/α-hetero) is 1. The lowest BCUT2D eigenvalue weighted by Crippen LogP contribution is -2.47. The molecule has 175 valence electrons. The number of amidine groups is 1. The number of unbranched alkanes of at least 4 members (excludes halogenated alkanes) is 2. The molecule has 2 aromatic carbocycles. The van der Waals surface area contributed by atoms with Gasteiger partial charge in [0.15, 0.2) is 11.9 Å². The number of amides is 1. The van der Waals surface area contributed by atoms with Gasteiger partial charge in [0, 0.05) is 22.4 Å². The lowest BCUT2D eigenvalue weighted by Gasteiger charge is -2.15. The van der Waals surface area contributed by atoms with Crippen molar-refractivity contribution in [2.75, 3.05) is 0 Å². The molecule has 1 atom stereocenters. The van der Waals surface area contributed by atoms with Gasteiger partial charge in [0.1, 0.15) is 11.8 Å². The highest BCUT2D eigenvalue weighted by Gasteiger charge is 2.31. The van der Waals surface area contributed by atoms with Gasteiger partial charge in [-0.1, -0.05) is 54.8 Å². The Hall–Kier alpha value is -3.45. The molecule has 0 aliphatic carbocycles. The summed E-state index contributed by atoms with van der Waals surface area (Å²) in [5.74, 6) is 0.781. The van der Waals surface area contributed by atoms with Crippen molar-refractivity contribution in [3.05, 3.63) is 71.0 Å². The fourth-order valence-electron chi connectivity index (χ4n) is 4.03. The molecular weight excluding hydrogens is 450 g/mol. The van der Waals surface area contributed by atoms with Crippen molar-refractivity contribution in [3.63, 3.8) is 0 Å². The van der Waals surface area contributed by atoms with Gasteiger partial charge >= 0.3 is 5.84 Å². The Kier molecular flexibility index (Phi) is 7.75. The quantitative estimate of drug-likeness (QED) is 0.361. The number of fused-ring (bicyclic) bond motifs is 1. The van der Waals surface area contributed by atoms with E-state index in [0.717, 1.165) is 47.8 Å². The first-order valence-corrected chi connectivity index (χ1v) is 11.9. The van der Waals surface area contributed by atoms with E-state index in [1.165, 1.54) is 0 Å². The molecule has 2 heterocycles. The molecule has 1 radical (unpaired) electrons. The standard InChI is InChI=1S/C26H28ClN5O2/c1-17(33)8-4-2-7-11-22(26-28-16-24(30-26)18-9-5-3-6-10-18)29-25(34)15-23-20-14-19(27)12-13-21(20)31-32-23/h3,5-6,9-10,12-14,16,22,30H,2,4,7-8,11,15H2,1H3,(H,29,34)(H,31,32)/q+1/t22-/m0/s1. The summed E-state index contributed by atoms with van der Waals surface area (Å²) in [6.45, 7) is 1.61. The largest absolute Gasteiger partial charge is 0.341 e. The zero-order valence-electron chi connectivity index (χ0n) is 19.1. The Morgan fingerprint density at radius 1 is 1.12 bits per heavy atom. The van der Waals surface area contributed by atoms with Gasteiger partial charge < -0.3 is 10.1 Å². The Balaban J connectivity index is 1.41. The Morgan fingerprint density at radius 2 is 1.94 bits per heavy atom. The van der Waals surface area contributed by atoms with Gasteiger partial charge in [-0.15, -0.1) is 0 Å². The summed E-state index contributed by atoms with van der Waals surface area (Å²) in [5.41, 5.74) is 3.43. The van der Waals surface area contributed by atoms with Crippen molar-refractivity contribution in [2.24, 2.45) is 0 Å². The molecule has 1 aromatic heterocycles. The average Bonchev–Trinajstić information content (AvgIpc) is 3.46. The predicted octanol–water partition coefficient (Wildman–Crippen LogP) is 4.12. The molecule has 1 aliphatic rings. The van der Waals surface area contributed by atoms with Gasteiger partial charge in [-0.2, -0.15) is 5.10 Å². The zero-order chi connectivity index (χ0) is 23.9. The summed E-state index contributed by atoms with van der Waals surface area (Å²) in [5, 5.41) is 15.2. The van der Waals surface area contributed by atoms with Crippen LogP contribution in [0.1, 0.15) is 50.3 Å². The molecule has 1 aliphatic heterocycles. The van der Waals surface area contributed by atoms with E-state index in [9.17, 15) is 9.59 Å². The van der Waals surface area contributed by atoms with E-state index in [4.69, 9.17) is 11.6 Å². The van der Waals surface area contributed by atoms with E-state index in [2.05, 4.69) is 25.8 Å². The zero-order valence-corrected chi connectivity index (χ0v) is 19.9. The molecule has 0 saturated heterocycles. The number of nitrogens with zero attached hydrogens (tertiary/aromatic N) is 2. The lowest BCUT2D eigenvalue weighted by molar-refractivity contribution is -0.121. The number of H-pyrrole nitrogens is 1. The molecule has 3 aromatic rings. The third kappa shape index (κ3) is 6.11. The van der Waals surface area contributed by atoms with Crippen molar-refractivity contribution in [1.82, 2.24) is 25.8 Å². The molecule has 0 fully saturated rings. The number of aliphatic imine (C=N–C) groups is 1. The smallest absolute Gasteiger partial charge is 0.319 e. The second kappa shape index (κ2) is 11.1. The number of carbonyl (C=O) groups is 2. The minimum absolute atomic E-state index is 0.132. The van der Waals surface area contributed by atoms with Gasteiger partial charge in [0.05, 0.1) is 17.6 Å². The summed E-state index contributed by atoms with van der Waals surface area (Å²) in [7, 11) is 0. The highest BCUT2D eigenvalue weighted by Crippen LogP contribution is 2.21. The van der Waals surface area contributed by atoms with E-state index >= 15 is 0 Å². The summed E-state index contributed by atoms with van der Waals surface area (Å²) >= 11 is 6.13. The molecule has 0 saturated carbocycles. The molecule has 7 nitrogen and oxygen atoms in total. The number of nitrogens with one attached hydrogen (secondary N) is 3. The number of benzene rings is 2. The van der Waals surface area contributed by atoms with Crippen LogP contribution in [0.5, 0.6) is 0 Å². The number of hydrogen-bond acceptors (Lipinski definition) is 5. The third-order valence-electron chi connectivity index (χ3n) is 5.80. The Labute approximate surface area is 203 Å². The van der Waals surface area contributed by atoms with Crippen molar-refractivity contribution in [2.45, 2.75) is 51.5 Å². The number of carbonyl (C=O) groups excluding carboxylic acids is 2. The first-order chi connectivity index (χ1) is 16.5. The number of halogens is 1. The van der Waals surface area contributed by atoms with Crippen LogP contribution in [0.2, 0.25) is 5.02 Å². The molecule has 8 heteroatoms. The number of aromatic amines is 1. The van der Waals surface area contributed by atoms with E-state index in [-0.39, 0.29) is 24.2 Å². The van der Waals surface area contributed by atoms with Gasteiger partial charge in [0.2, 0.25) is 5.91 Å². The fourth-order valence-corrected chi connectivity index (χ4v) is 4.20. The first-order valence-electron chi connectivity index (χ1n) is 11.5. The predicted molar refractivity (Wildman–Crippen MR) is 135 cm³/mol. The van der Waals surface area contributed by atoms with Crippen LogP contribution in [0.15, 0.2) is 54.7 Å². The number of aromatic nitrogens is 2. The van der Waals surface area contributed by atoms with Crippen LogP contribution >= 0.6 is 11.6 Å². The van der Waals surface area contributed by atoms with Crippen LogP contribution in [0.4, 0.5) is 0 Å². The van der Waals surface area contributed by atoms with Crippen molar-refractivity contribution < 1.29 is 9.59 Å². The number of rotatable bonds is 11. The topological polar surface area (TPSA) is 101 Å². The fraction of sp³-hybridized carbons (Fsp3) is 0.308. The summed E-state index contributed by atoms with van der Waals surface area (Å²) in [6, 6.07) is 15.1. The van der Waals surface area contributed by atoms with E-state index in [1.54, 1.807) is 19.2 Å². The Morgan fingerprint density at radius 3 is 2.74 bits per heavy atom. The third-order valence-corrected chi connectivity index (χ3v) is 6.03. The minimum Gasteiger partial charge on any atom is -0.341 e. The van der Waals surface area contributed by atoms with E-state index < -0.39 is 0 Å². The maximum atomic E-state index is 13.0. The van der Waals surface area contributed by atoms with Gasteiger partial charge in [-0.3, -0.25) is 9.89 Å². The van der Waals surface area contributed by atoms with Crippen molar-refractivity contribution in [3.8, 4) is 0 Å². The SMILES string of the molecule is CC(=O)CCCCC[C@H](NC(=O)Cc1n[nH]c2ccc(Cl)cc12)C1=[N+]C=C(c2ccccc2)N1. The summed E-state index contributed by atoms with van der Waals surface area (Å²) < 4.78 is 0. The van der Waals surface area contributed by atoms with Crippen LogP contribution in [-0.2, 0) is 16.0 Å². The minimum atomic E-state index is -0.268. The molecule has 0 bridgehead atoms. The van der Waals surface area contributed by atoms with Crippen LogP contribution in [0.3, 0.4) is 0 Å². The maximum Gasteiger partial charge on any atom is 0.319 e. The number of ketones is 1. The molecule has 1 amide bonds. The summed E-state index contributed by atoms with van der Waals surface area (Å²) in [4.78, 5) is 28.8. The Bertz CT molecular complexity index is 1230. The van der Waals surface area contributed by atoms with Gasteiger partial charge in [0.25, 0.3) is 0 Å². The number of hydrogen-bond donors (Lipinski definition) is 3. The molecule has 0 spiro atoms. The van der Waals surface area contributed by atoms with Crippen LogP contribution in [0.25, 0.3) is 16.6 Å². The van der Waals surface area contributed by atoms with Gasteiger partial charge in [-0.05, 0) is 43.0 Å². The molecular formula is C26H28ClN5O2+. The molecule has 34 heavy (non-hydrogen) atoms. The van der Waals surface area contributed by atoms with Crippen LogP contribution in [0, 0.1) is 0 Å². The van der Waals surface area contributed by atoms with Crippen LogP contribution < -0.4 is 15.6 Å². The normalized spacial score (nSPS) is 13.8. The van der Waals surface area contributed by atoms with Crippen molar-refractivity contribution in [1.29, 1.82) is 0 Å². The monoisotopic (exact) mass is 477 g/mol. The second-order valence-electron chi connectivity index (χ2n) is 8.51. The van der Waals surface area contributed by atoms with E-state index in [0.29, 0.717) is 23.0 Å². The van der Waals surface area contributed by atoms with Crippen LogP contribution in [-0.4, -0.2) is 33.8 Å². The molecule has 3 N–H and O–H groups in total. The molecule has 4 rings (SSSR count). The maximum absolute atomic E-state index is 13.0. The van der Waals surface area contributed by atoms with Gasteiger partial charge in [-0.25, -0.2) is 5.32 Å². The highest BCUT2D eigenvalue weighted by molar-refractivity contribution is 6.31. The average molecular weight is 478 g/mol. The van der Waals surface area contributed by atoms with Crippen molar-refractivity contribution >= 4 is 45.7 Å². The highest BCUT2D eigenvalue weighted by atomic mass is 35.5. The lowest BCUT2D eigenvalue weighted by atomic mass is 10.0. The second-order valence-corrected chi connectivity index (χ2v) is 8.94.